The molecule has 0 unspecified atom stereocenters. The summed E-state index contributed by atoms with van der Waals surface area (Å²) in [6.45, 7) is 1.28. The van der Waals surface area contributed by atoms with E-state index in [2.05, 4.69) is 25.6 Å². The van der Waals surface area contributed by atoms with Crippen molar-refractivity contribution < 1.29 is 4.74 Å². The van der Waals surface area contributed by atoms with Crippen molar-refractivity contribution >= 4 is 11.8 Å². The minimum atomic E-state index is 0.570. The Bertz CT molecular complexity index is 779. The van der Waals surface area contributed by atoms with Crippen LogP contribution in [0.3, 0.4) is 0 Å². The summed E-state index contributed by atoms with van der Waals surface area (Å²) in [5.74, 6) is 2.18. The topological polar surface area (TPSA) is 72.0 Å². The van der Waals surface area contributed by atoms with Crippen LogP contribution in [0.1, 0.15) is 11.1 Å². The molecule has 0 atom stereocenters. The zero-order valence-corrected chi connectivity index (χ0v) is 13.4. The molecule has 0 aliphatic carbocycles. The second-order valence-electron chi connectivity index (χ2n) is 5.14. The van der Waals surface area contributed by atoms with Crippen molar-refractivity contribution in [1.29, 1.82) is 0 Å². The van der Waals surface area contributed by atoms with E-state index in [4.69, 9.17) is 4.74 Å². The average Bonchev–Trinajstić information content (AvgIpc) is 2.66. The van der Waals surface area contributed by atoms with Crippen LogP contribution in [0.15, 0.2) is 61.1 Å². The molecule has 6 nitrogen and oxygen atoms in total. The molecule has 2 aromatic heterocycles. The van der Waals surface area contributed by atoms with Crippen molar-refractivity contribution in [3.8, 4) is 5.75 Å². The molecule has 6 heteroatoms. The summed E-state index contributed by atoms with van der Waals surface area (Å²) < 4.78 is 5.35. The molecule has 0 fully saturated rings. The first-order valence-corrected chi connectivity index (χ1v) is 7.67. The summed E-state index contributed by atoms with van der Waals surface area (Å²) in [4.78, 5) is 12.7. The number of aromatic nitrogens is 3. The van der Waals surface area contributed by atoms with Gasteiger partial charge in [-0.25, -0.2) is 4.98 Å². The number of anilines is 2. The van der Waals surface area contributed by atoms with Crippen LogP contribution in [0.4, 0.5) is 11.8 Å². The van der Waals surface area contributed by atoms with Crippen LogP contribution in [0.25, 0.3) is 0 Å². The predicted molar refractivity (Wildman–Crippen MR) is 93.9 cm³/mol. The van der Waals surface area contributed by atoms with Crippen LogP contribution < -0.4 is 15.4 Å². The summed E-state index contributed by atoms with van der Waals surface area (Å²) in [5.41, 5.74) is 2.20. The van der Waals surface area contributed by atoms with Gasteiger partial charge in [-0.1, -0.05) is 18.2 Å². The number of nitrogens with zero attached hydrogens (tertiary/aromatic N) is 3. The monoisotopic (exact) mass is 321 g/mol. The number of benzene rings is 1. The van der Waals surface area contributed by atoms with Crippen molar-refractivity contribution in [2.24, 2.45) is 0 Å². The largest absolute Gasteiger partial charge is 0.496 e. The van der Waals surface area contributed by atoms with Crippen LogP contribution in [-0.2, 0) is 13.1 Å². The van der Waals surface area contributed by atoms with Gasteiger partial charge < -0.3 is 15.4 Å². The molecule has 2 N–H and O–H groups in total. The summed E-state index contributed by atoms with van der Waals surface area (Å²) in [6, 6.07) is 13.6. The third kappa shape index (κ3) is 4.19. The van der Waals surface area contributed by atoms with Gasteiger partial charge in [0.15, 0.2) is 0 Å². The van der Waals surface area contributed by atoms with E-state index in [0.29, 0.717) is 19.0 Å². The molecule has 24 heavy (non-hydrogen) atoms. The van der Waals surface area contributed by atoms with E-state index in [1.165, 1.54) is 0 Å². The van der Waals surface area contributed by atoms with Crippen LogP contribution in [-0.4, -0.2) is 22.1 Å². The number of methoxy groups -OCH3 is 1. The Morgan fingerprint density at radius 1 is 0.917 bits per heavy atom. The van der Waals surface area contributed by atoms with Gasteiger partial charge in [0.2, 0.25) is 5.95 Å². The second kappa shape index (κ2) is 7.92. The van der Waals surface area contributed by atoms with E-state index in [0.717, 1.165) is 22.7 Å². The highest BCUT2D eigenvalue weighted by atomic mass is 16.5. The Morgan fingerprint density at radius 3 is 2.58 bits per heavy atom. The maximum atomic E-state index is 5.35. The smallest absolute Gasteiger partial charge is 0.224 e. The molecule has 2 heterocycles. The Morgan fingerprint density at radius 2 is 1.75 bits per heavy atom. The van der Waals surface area contributed by atoms with Gasteiger partial charge >= 0.3 is 0 Å². The maximum absolute atomic E-state index is 5.35. The number of para-hydroxylation sites is 1. The predicted octanol–water partition coefficient (Wildman–Crippen LogP) is 3.10. The fourth-order valence-electron chi connectivity index (χ4n) is 2.26. The molecular formula is C18H19N5O. The van der Waals surface area contributed by atoms with Crippen LogP contribution in [0.5, 0.6) is 5.75 Å². The normalized spacial score (nSPS) is 10.2. The molecule has 0 saturated carbocycles. The van der Waals surface area contributed by atoms with E-state index in [1.54, 1.807) is 25.7 Å². The number of rotatable bonds is 7. The molecule has 0 saturated heterocycles. The SMILES string of the molecule is COc1ccccc1CNc1nccc(NCc2ccncc2)n1. The first-order valence-electron chi connectivity index (χ1n) is 7.67. The molecule has 0 radical (unpaired) electrons. The van der Waals surface area contributed by atoms with Gasteiger partial charge in [0.1, 0.15) is 11.6 Å². The highest BCUT2D eigenvalue weighted by Crippen LogP contribution is 2.18. The summed E-state index contributed by atoms with van der Waals surface area (Å²) >= 11 is 0. The highest BCUT2D eigenvalue weighted by molar-refractivity contribution is 5.42. The molecule has 3 aromatic rings. The first kappa shape index (κ1) is 15.7. The molecule has 0 amide bonds. The number of hydrogen-bond acceptors (Lipinski definition) is 6. The summed E-state index contributed by atoms with van der Waals surface area (Å²) in [5, 5.41) is 6.50. The van der Waals surface area contributed by atoms with E-state index < -0.39 is 0 Å². The van der Waals surface area contributed by atoms with Crippen molar-refractivity contribution in [2.75, 3.05) is 17.7 Å². The second-order valence-corrected chi connectivity index (χ2v) is 5.14. The minimum absolute atomic E-state index is 0.570. The van der Waals surface area contributed by atoms with E-state index >= 15 is 0 Å². The minimum Gasteiger partial charge on any atom is -0.496 e. The Kier molecular flexibility index (Phi) is 5.19. The molecule has 3 rings (SSSR count). The number of pyridine rings is 1. The van der Waals surface area contributed by atoms with Gasteiger partial charge in [-0.3, -0.25) is 4.98 Å². The number of nitrogens with one attached hydrogen (secondary N) is 2. The van der Waals surface area contributed by atoms with Crippen molar-refractivity contribution in [3.05, 3.63) is 72.2 Å². The zero-order chi connectivity index (χ0) is 16.6. The molecular weight excluding hydrogens is 302 g/mol. The van der Waals surface area contributed by atoms with Crippen molar-refractivity contribution in [3.63, 3.8) is 0 Å². The molecule has 1 aromatic carbocycles. The van der Waals surface area contributed by atoms with Crippen LogP contribution in [0.2, 0.25) is 0 Å². The Labute approximate surface area is 141 Å². The van der Waals surface area contributed by atoms with Gasteiger partial charge in [-0.2, -0.15) is 4.98 Å². The number of hydrogen-bond donors (Lipinski definition) is 2. The van der Waals surface area contributed by atoms with E-state index in [1.807, 2.05) is 42.5 Å². The van der Waals surface area contributed by atoms with E-state index in [-0.39, 0.29) is 0 Å². The lowest BCUT2D eigenvalue weighted by atomic mass is 10.2. The van der Waals surface area contributed by atoms with Crippen molar-refractivity contribution in [1.82, 2.24) is 15.0 Å². The van der Waals surface area contributed by atoms with Gasteiger partial charge in [0.25, 0.3) is 0 Å². The van der Waals surface area contributed by atoms with Gasteiger partial charge in [-0.05, 0) is 29.8 Å². The highest BCUT2D eigenvalue weighted by Gasteiger charge is 2.03. The first-order chi connectivity index (χ1) is 11.8. The lowest BCUT2D eigenvalue weighted by molar-refractivity contribution is 0.410. The average molecular weight is 321 g/mol. The molecule has 122 valence electrons. The quantitative estimate of drug-likeness (QED) is 0.697. The molecule has 0 spiro atoms. The lowest BCUT2D eigenvalue weighted by Crippen LogP contribution is -2.07. The third-order valence-corrected chi connectivity index (χ3v) is 3.51. The van der Waals surface area contributed by atoms with Crippen LogP contribution in [0, 0.1) is 0 Å². The lowest BCUT2D eigenvalue weighted by Gasteiger charge is -2.10. The number of ether oxygens (including phenoxy) is 1. The van der Waals surface area contributed by atoms with Gasteiger partial charge in [0, 0.05) is 37.2 Å². The Hall–Kier alpha value is -3.15. The maximum Gasteiger partial charge on any atom is 0.224 e. The molecule has 0 bridgehead atoms. The molecule has 0 aliphatic heterocycles. The van der Waals surface area contributed by atoms with Crippen molar-refractivity contribution in [2.45, 2.75) is 13.1 Å². The fourth-order valence-corrected chi connectivity index (χ4v) is 2.26. The zero-order valence-electron chi connectivity index (χ0n) is 13.4. The van der Waals surface area contributed by atoms with Crippen LogP contribution >= 0.6 is 0 Å². The molecule has 0 aliphatic rings. The standard InChI is InChI=1S/C18H19N5O/c1-24-16-5-3-2-4-15(16)13-22-18-20-11-8-17(23-18)21-12-14-6-9-19-10-7-14/h2-11H,12-13H2,1H3,(H2,20,21,22,23). The Balaban J connectivity index is 1.61. The summed E-state index contributed by atoms with van der Waals surface area (Å²) in [6.07, 6.45) is 5.28. The fraction of sp³-hybridized carbons (Fsp3) is 0.167. The van der Waals surface area contributed by atoms with Gasteiger partial charge in [0.05, 0.1) is 7.11 Å². The summed E-state index contributed by atoms with van der Waals surface area (Å²) in [7, 11) is 1.67. The van der Waals surface area contributed by atoms with Gasteiger partial charge in [-0.15, -0.1) is 0 Å². The third-order valence-electron chi connectivity index (χ3n) is 3.51. The van der Waals surface area contributed by atoms with E-state index in [9.17, 15) is 0 Å².